The number of nitrogens with zero attached hydrogens (tertiary/aromatic N) is 1. The van der Waals surface area contributed by atoms with E-state index in [2.05, 4.69) is 50.1 Å². The van der Waals surface area contributed by atoms with Gasteiger partial charge in [0.25, 0.3) is 0 Å². The van der Waals surface area contributed by atoms with Gasteiger partial charge in [-0.2, -0.15) is 0 Å². The molecule has 17 heavy (non-hydrogen) atoms. The normalized spacial score (nSPS) is 27.1. The minimum atomic E-state index is -0.173. The summed E-state index contributed by atoms with van der Waals surface area (Å²) in [6.45, 7) is 5.27. The van der Waals surface area contributed by atoms with Crippen molar-refractivity contribution < 1.29 is 5.11 Å². The molecule has 2 unspecified atom stereocenters. The Balaban J connectivity index is 1.99. The van der Waals surface area contributed by atoms with Crippen molar-refractivity contribution in [3.8, 4) is 0 Å². The van der Waals surface area contributed by atoms with Crippen molar-refractivity contribution in [1.29, 1.82) is 0 Å². The second kappa shape index (κ2) is 4.69. The second-order valence-corrected chi connectivity index (χ2v) is 5.95. The van der Waals surface area contributed by atoms with Gasteiger partial charge in [0, 0.05) is 25.2 Å². The molecule has 94 valence electrons. The molecule has 2 atom stereocenters. The molecule has 0 saturated heterocycles. The molecule has 1 aromatic carbocycles. The van der Waals surface area contributed by atoms with E-state index in [1.54, 1.807) is 0 Å². The standard InChI is InChI=1S/C15H23NO/c1-15(2)10-9-12(14(15)17)11-16(3)13-7-5-4-6-8-13/h4-8,12,14,17H,9-11H2,1-3H3. The fourth-order valence-electron chi connectivity index (χ4n) is 2.83. The van der Waals surface area contributed by atoms with Crippen LogP contribution in [-0.2, 0) is 0 Å². The Hall–Kier alpha value is -1.02. The van der Waals surface area contributed by atoms with Gasteiger partial charge in [-0.15, -0.1) is 0 Å². The lowest BCUT2D eigenvalue weighted by Gasteiger charge is -2.29. The Bertz CT molecular complexity index is 360. The van der Waals surface area contributed by atoms with E-state index >= 15 is 0 Å². The number of aliphatic hydroxyl groups excluding tert-OH is 1. The zero-order chi connectivity index (χ0) is 12.5. The van der Waals surface area contributed by atoms with E-state index in [-0.39, 0.29) is 11.5 Å². The molecular formula is C15H23NO. The third kappa shape index (κ3) is 2.63. The summed E-state index contributed by atoms with van der Waals surface area (Å²) in [6.07, 6.45) is 2.08. The monoisotopic (exact) mass is 233 g/mol. The van der Waals surface area contributed by atoms with Gasteiger partial charge in [-0.1, -0.05) is 32.0 Å². The van der Waals surface area contributed by atoms with Gasteiger partial charge in [0.2, 0.25) is 0 Å². The van der Waals surface area contributed by atoms with Gasteiger partial charge in [0.15, 0.2) is 0 Å². The lowest BCUT2D eigenvalue weighted by molar-refractivity contribution is 0.0484. The molecule has 1 aliphatic carbocycles. The van der Waals surface area contributed by atoms with Crippen LogP contribution < -0.4 is 4.90 Å². The van der Waals surface area contributed by atoms with E-state index in [0.717, 1.165) is 19.4 Å². The summed E-state index contributed by atoms with van der Waals surface area (Å²) < 4.78 is 0. The molecule has 0 heterocycles. The van der Waals surface area contributed by atoms with E-state index in [9.17, 15) is 5.11 Å². The molecule has 0 aromatic heterocycles. The van der Waals surface area contributed by atoms with Crippen LogP contribution in [0.5, 0.6) is 0 Å². The van der Waals surface area contributed by atoms with Gasteiger partial charge in [-0.05, 0) is 30.4 Å². The highest BCUT2D eigenvalue weighted by Crippen LogP contribution is 2.41. The van der Waals surface area contributed by atoms with Crippen LogP contribution >= 0.6 is 0 Å². The maximum absolute atomic E-state index is 10.3. The highest BCUT2D eigenvalue weighted by atomic mass is 16.3. The lowest BCUT2D eigenvalue weighted by atomic mass is 9.87. The van der Waals surface area contributed by atoms with Crippen LogP contribution in [0, 0.1) is 11.3 Å². The van der Waals surface area contributed by atoms with Gasteiger partial charge in [-0.25, -0.2) is 0 Å². The Labute approximate surface area is 104 Å². The third-order valence-electron chi connectivity index (χ3n) is 4.11. The average molecular weight is 233 g/mol. The van der Waals surface area contributed by atoms with E-state index in [4.69, 9.17) is 0 Å². The molecule has 2 nitrogen and oxygen atoms in total. The van der Waals surface area contributed by atoms with Crippen LogP contribution in [0.15, 0.2) is 30.3 Å². The molecule has 1 aliphatic rings. The van der Waals surface area contributed by atoms with Gasteiger partial charge in [0.05, 0.1) is 6.10 Å². The maximum Gasteiger partial charge on any atom is 0.0636 e. The summed E-state index contributed by atoms with van der Waals surface area (Å²) in [6, 6.07) is 10.4. The first-order chi connectivity index (χ1) is 8.00. The largest absolute Gasteiger partial charge is 0.392 e. The number of hydrogen-bond acceptors (Lipinski definition) is 2. The number of rotatable bonds is 3. The summed E-state index contributed by atoms with van der Waals surface area (Å²) in [7, 11) is 2.10. The summed E-state index contributed by atoms with van der Waals surface area (Å²) in [5.41, 5.74) is 1.31. The van der Waals surface area contributed by atoms with Crippen molar-refractivity contribution >= 4 is 5.69 Å². The van der Waals surface area contributed by atoms with Crippen molar-refractivity contribution in [3.05, 3.63) is 30.3 Å². The van der Waals surface area contributed by atoms with Crippen LogP contribution in [0.3, 0.4) is 0 Å². The van der Waals surface area contributed by atoms with Crippen molar-refractivity contribution in [2.45, 2.75) is 32.8 Å². The third-order valence-corrected chi connectivity index (χ3v) is 4.11. The first kappa shape index (κ1) is 12.4. The molecule has 1 saturated carbocycles. The van der Waals surface area contributed by atoms with Gasteiger partial charge in [-0.3, -0.25) is 0 Å². The highest BCUT2D eigenvalue weighted by Gasteiger charge is 2.40. The molecule has 1 aromatic rings. The van der Waals surface area contributed by atoms with E-state index in [0.29, 0.717) is 5.92 Å². The van der Waals surface area contributed by atoms with Crippen LogP contribution in [0.25, 0.3) is 0 Å². The molecule has 0 radical (unpaired) electrons. The van der Waals surface area contributed by atoms with Crippen molar-refractivity contribution in [3.63, 3.8) is 0 Å². The SMILES string of the molecule is CN(CC1CCC(C)(C)C1O)c1ccccc1. The van der Waals surface area contributed by atoms with Crippen molar-refractivity contribution in [2.75, 3.05) is 18.5 Å². The topological polar surface area (TPSA) is 23.5 Å². The fourth-order valence-corrected chi connectivity index (χ4v) is 2.83. The molecule has 0 bridgehead atoms. The Morgan fingerprint density at radius 2 is 1.94 bits per heavy atom. The van der Waals surface area contributed by atoms with Crippen LogP contribution in [-0.4, -0.2) is 24.8 Å². The molecule has 2 heteroatoms. The van der Waals surface area contributed by atoms with E-state index in [1.165, 1.54) is 5.69 Å². The Morgan fingerprint density at radius 1 is 1.29 bits per heavy atom. The number of hydrogen-bond donors (Lipinski definition) is 1. The predicted octanol–water partition coefficient (Wildman–Crippen LogP) is 2.92. The van der Waals surface area contributed by atoms with Gasteiger partial charge in [0.1, 0.15) is 0 Å². The van der Waals surface area contributed by atoms with Crippen LogP contribution in [0.2, 0.25) is 0 Å². The number of aliphatic hydroxyl groups is 1. The molecule has 1 fully saturated rings. The van der Waals surface area contributed by atoms with Crippen LogP contribution in [0.4, 0.5) is 5.69 Å². The number of benzene rings is 1. The van der Waals surface area contributed by atoms with Crippen molar-refractivity contribution in [1.82, 2.24) is 0 Å². The first-order valence-corrected chi connectivity index (χ1v) is 6.45. The highest BCUT2D eigenvalue weighted by molar-refractivity contribution is 5.45. The number of anilines is 1. The number of para-hydroxylation sites is 1. The van der Waals surface area contributed by atoms with E-state index < -0.39 is 0 Å². The fraction of sp³-hybridized carbons (Fsp3) is 0.600. The molecule has 0 amide bonds. The smallest absolute Gasteiger partial charge is 0.0636 e. The van der Waals surface area contributed by atoms with Gasteiger partial charge >= 0.3 is 0 Å². The van der Waals surface area contributed by atoms with Gasteiger partial charge < -0.3 is 10.0 Å². The molecule has 0 aliphatic heterocycles. The second-order valence-electron chi connectivity index (χ2n) is 5.95. The van der Waals surface area contributed by atoms with Crippen molar-refractivity contribution in [2.24, 2.45) is 11.3 Å². The summed E-state index contributed by atoms with van der Waals surface area (Å²) in [5.74, 6) is 0.398. The Morgan fingerprint density at radius 3 is 2.47 bits per heavy atom. The first-order valence-electron chi connectivity index (χ1n) is 6.45. The van der Waals surface area contributed by atoms with E-state index in [1.807, 2.05) is 6.07 Å². The van der Waals surface area contributed by atoms with Crippen LogP contribution in [0.1, 0.15) is 26.7 Å². The quantitative estimate of drug-likeness (QED) is 0.867. The summed E-state index contributed by atoms with van der Waals surface area (Å²) >= 11 is 0. The summed E-state index contributed by atoms with van der Waals surface area (Å²) in [5, 5.41) is 10.3. The molecule has 0 spiro atoms. The predicted molar refractivity (Wildman–Crippen MR) is 72.2 cm³/mol. The minimum absolute atomic E-state index is 0.0855. The molecule has 2 rings (SSSR count). The maximum atomic E-state index is 10.3. The zero-order valence-electron chi connectivity index (χ0n) is 11.1. The summed E-state index contributed by atoms with van der Waals surface area (Å²) in [4.78, 5) is 2.25. The lowest BCUT2D eigenvalue weighted by Crippen LogP contribution is -2.34. The zero-order valence-corrected chi connectivity index (χ0v) is 11.1. The Kier molecular flexibility index (Phi) is 3.43. The minimum Gasteiger partial charge on any atom is -0.392 e. The average Bonchev–Trinajstić information content (AvgIpc) is 2.57. The molecular weight excluding hydrogens is 210 g/mol. The molecule has 1 N–H and O–H groups in total.